The van der Waals surface area contributed by atoms with Gasteiger partial charge in [-0.15, -0.1) is 0 Å². The topological polar surface area (TPSA) is 77.8 Å². The zero-order chi connectivity index (χ0) is 19.1. The van der Waals surface area contributed by atoms with Crippen molar-refractivity contribution in [3.8, 4) is 11.1 Å². The molecule has 3 rings (SSSR count). The lowest BCUT2D eigenvalue weighted by Gasteiger charge is -2.27. The van der Waals surface area contributed by atoms with Crippen molar-refractivity contribution in [3.63, 3.8) is 0 Å². The van der Waals surface area contributed by atoms with Gasteiger partial charge in [0.1, 0.15) is 0 Å². The summed E-state index contributed by atoms with van der Waals surface area (Å²) in [4.78, 5) is 21.5. The minimum absolute atomic E-state index is 0.558. The fourth-order valence-corrected chi connectivity index (χ4v) is 2.94. The Morgan fingerprint density at radius 3 is 2.31 bits per heavy atom. The van der Waals surface area contributed by atoms with E-state index in [-0.39, 0.29) is 0 Å². The molecule has 5 nitrogen and oxygen atoms in total. The molecule has 2 aromatic rings. The molecule has 136 valence electrons. The number of carboxylic acid groups (broad SMARTS) is 2. The van der Waals surface area contributed by atoms with Crippen LogP contribution in [0.4, 0.5) is 0 Å². The molecular formula is C21H23NO4. The van der Waals surface area contributed by atoms with Crippen LogP contribution >= 0.6 is 0 Å². The van der Waals surface area contributed by atoms with Crippen molar-refractivity contribution in [1.29, 1.82) is 0 Å². The van der Waals surface area contributed by atoms with Crippen molar-refractivity contribution in [2.75, 3.05) is 13.6 Å². The number of likely N-dealkylation sites (N-methyl/N-ethyl adjacent to an activating group) is 1. The van der Waals surface area contributed by atoms with E-state index in [0.717, 1.165) is 6.54 Å². The van der Waals surface area contributed by atoms with E-state index < -0.39 is 11.9 Å². The Bertz CT molecular complexity index is 811. The minimum atomic E-state index is -1.26. The summed E-state index contributed by atoms with van der Waals surface area (Å²) in [6.45, 7) is 4.40. The van der Waals surface area contributed by atoms with Gasteiger partial charge in [0.2, 0.25) is 0 Å². The third-order valence-electron chi connectivity index (χ3n) is 4.16. The molecule has 0 unspecified atom stereocenters. The van der Waals surface area contributed by atoms with Gasteiger partial charge < -0.3 is 15.1 Å². The molecule has 0 aromatic heterocycles. The van der Waals surface area contributed by atoms with E-state index in [4.69, 9.17) is 10.2 Å². The maximum atomic E-state index is 9.55. The number of carbonyl (C=O) groups is 2. The molecule has 0 atom stereocenters. The largest absolute Gasteiger partial charge is 0.478 e. The summed E-state index contributed by atoms with van der Waals surface area (Å²) < 4.78 is 0. The Hall–Kier alpha value is -2.92. The quantitative estimate of drug-likeness (QED) is 0.828. The fraction of sp³-hybridized carbons (Fsp3) is 0.238. The van der Waals surface area contributed by atoms with Gasteiger partial charge in [0.05, 0.1) is 0 Å². The molecule has 0 saturated carbocycles. The third-order valence-corrected chi connectivity index (χ3v) is 4.16. The molecule has 0 fully saturated rings. The highest BCUT2D eigenvalue weighted by Crippen LogP contribution is 2.30. The van der Waals surface area contributed by atoms with Crippen molar-refractivity contribution in [3.05, 3.63) is 71.3 Å². The van der Waals surface area contributed by atoms with Crippen LogP contribution in [-0.4, -0.2) is 40.6 Å². The minimum Gasteiger partial charge on any atom is -0.478 e. The Kier molecular flexibility index (Phi) is 6.69. The lowest BCUT2D eigenvalue weighted by molar-refractivity contribution is -0.134. The van der Waals surface area contributed by atoms with E-state index in [1.54, 1.807) is 0 Å². The van der Waals surface area contributed by atoms with Gasteiger partial charge in [-0.25, -0.2) is 9.59 Å². The summed E-state index contributed by atoms with van der Waals surface area (Å²) >= 11 is 0. The lowest BCUT2D eigenvalue weighted by Crippen LogP contribution is -2.26. The van der Waals surface area contributed by atoms with Gasteiger partial charge in [0.15, 0.2) is 0 Å². The molecule has 0 amide bonds. The molecule has 2 N–H and O–H groups in total. The lowest BCUT2D eigenvalue weighted by atomic mass is 9.91. The van der Waals surface area contributed by atoms with Crippen LogP contribution in [0, 0.1) is 6.92 Å². The summed E-state index contributed by atoms with van der Waals surface area (Å²) in [5, 5.41) is 15.6. The molecular weight excluding hydrogens is 330 g/mol. The third kappa shape index (κ3) is 5.57. The van der Waals surface area contributed by atoms with Crippen molar-refractivity contribution >= 4 is 11.9 Å². The average molecular weight is 353 g/mol. The van der Waals surface area contributed by atoms with Gasteiger partial charge in [0.25, 0.3) is 0 Å². The second-order valence-corrected chi connectivity index (χ2v) is 6.31. The van der Waals surface area contributed by atoms with Crippen LogP contribution in [0.5, 0.6) is 0 Å². The van der Waals surface area contributed by atoms with Crippen molar-refractivity contribution in [2.24, 2.45) is 0 Å². The first kappa shape index (κ1) is 19.4. The highest BCUT2D eigenvalue weighted by Gasteiger charge is 2.16. The standard InChI is InChI=1S/C17H19N.C4H4O4/c1-13-5-3-7-15(11-13)16-8-4-6-14-9-10-18(2)12-17(14)16;5-3(6)1-2-4(7)8/h3-8,11H,9-10,12H2,1-2H3;1-2H,(H,5,6)(H,7,8)/b;2-1-. The van der Waals surface area contributed by atoms with E-state index in [1.165, 1.54) is 40.8 Å². The Morgan fingerprint density at radius 2 is 1.69 bits per heavy atom. The smallest absolute Gasteiger partial charge is 0.328 e. The van der Waals surface area contributed by atoms with E-state index in [1.807, 2.05) is 0 Å². The number of carboxylic acids is 2. The van der Waals surface area contributed by atoms with Gasteiger partial charge >= 0.3 is 11.9 Å². The molecule has 26 heavy (non-hydrogen) atoms. The first-order valence-corrected chi connectivity index (χ1v) is 8.37. The SMILES string of the molecule is Cc1cccc(-c2cccc3c2CN(C)CC3)c1.O=C(O)/C=C\C(=O)O. The van der Waals surface area contributed by atoms with E-state index >= 15 is 0 Å². The maximum Gasteiger partial charge on any atom is 0.328 e. The van der Waals surface area contributed by atoms with Gasteiger partial charge in [0, 0.05) is 25.2 Å². The van der Waals surface area contributed by atoms with Crippen LogP contribution in [0.25, 0.3) is 11.1 Å². The number of aliphatic carboxylic acids is 2. The van der Waals surface area contributed by atoms with Crippen LogP contribution in [0.15, 0.2) is 54.6 Å². The summed E-state index contributed by atoms with van der Waals surface area (Å²) in [7, 11) is 2.20. The molecule has 0 spiro atoms. The van der Waals surface area contributed by atoms with E-state index in [0.29, 0.717) is 12.2 Å². The monoisotopic (exact) mass is 353 g/mol. The zero-order valence-corrected chi connectivity index (χ0v) is 15.0. The normalized spacial score (nSPS) is 13.6. The highest BCUT2D eigenvalue weighted by molar-refractivity contribution is 5.89. The number of hydrogen-bond acceptors (Lipinski definition) is 3. The number of rotatable bonds is 3. The first-order valence-electron chi connectivity index (χ1n) is 8.37. The van der Waals surface area contributed by atoms with Crippen LogP contribution in [-0.2, 0) is 22.6 Å². The van der Waals surface area contributed by atoms with Crippen molar-refractivity contribution in [2.45, 2.75) is 19.9 Å². The number of aryl methyl sites for hydroxylation is 1. The Labute approximate surface area is 153 Å². The summed E-state index contributed by atoms with van der Waals surface area (Å²) in [6, 6.07) is 15.5. The maximum absolute atomic E-state index is 9.55. The Balaban J connectivity index is 0.000000260. The van der Waals surface area contributed by atoms with Crippen LogP contribution in [0.1, 0.15) is 16.7 Å². The second-order valence-electron chi connectivity index (χ2n) is 6.31. The molecule has 0 aliphatic carbocycles. The molecule has 0 saturated heterocycles. The van der Waals surface area contributed by atoms with Crippen LogP contribution in [0.3, 0.4) is 0 Å². The summed E-state index contributed by atoms with van der Waals surface area (Å²) in [6.07, 6.45) is 2.29. The molecule has 0 bridgehead atoms. The number of benzene rings is 2. The van der Waals surface area contributed by atoms with E-state index in [9.17, 15) is 9.59 Å². The van der Waals surface area contributed by atoms with Crippen LogP contribution < -0.4 is 0 Å². The second kappa shape index (κ2) is 8.97. The predicted molar refractivity (Wildman–Crippen MR) is 101 cm³/mol. The average Bonchev–Trinajstić information content (AvgIpc) is 2.60. The number of nitrogens with zero attached hydrogens (tertiary/aromatic N) is 1. The van der Waals surface area contributed by atoms with Gasteiger partial charge in [-0.2, -0.15) is 0 Å². The number of hydrogen-bond donors (Lipinski definition) is 2. The molecule has 1 aliphatic rings. The van der Waals surface area contributed by atoms with Crippen LogP contribution in [0.2, 0.25) is 0 Å². The fourth-order valence-electron chi connectivity index (χ4n) is 2.94. The molecule has 2 aromatic carbocycles. The zero-order valence-electron chi connectivity index (χ0n) is 15.0. The molecule has 1 aliphatic heterocycles. The van der Waals surface area contributed by atoms with Gasteiger partial charge in [-0.1, -0.05) is 48.0 Å². The van der Waals surface area contributed by atoms with E-state index in [2.05, 4.69) is 61.3 Å². The molecule has 1 heterocycles. The summed E-state index contributed by atoms with van der Waals surface area (Å²) in [5.74, 6) is -2.51. The van der Waals surface area contributed by atoms with Crippen molar-refractivity contribution < 1.29 is 19.8 Å². The predicted octanol–water partition coefficient (Wildman–Crippen LogP) is 3.36. The van der Waals surface area contributed by atoms with Gasteiger partial charge in [-0.3, -0.25) is 0 Å². The Morgan fingerprint density at radius 1 is 1.04 bits per heavy atom. The number of fused-ring (bicyclic) bond motifs is 1. The van der Waals surface area contributed by atoms with Crippen molar-refractivity contribution in [1.82, 2.24) is 4.90 Å². The highest BCUT2D eigenvalue weighted by atomic mass is 16.4. The summed E-state index contributed by atoms with van der Waals surface area (Å²) in [5.41, 5.74) is 7.11. The first-order chi connectivity index (χ1) is 12.4. The molecule has 0 radical (unpaired) electrons. The van der Waals surface area contributed by atoms with Gasteiger partial charge in [-0.05, 0) is 42.6 Å². The molecule has 5 heteroatoms.